The van der Waals surface area contributed by atoms with E-state index in [-0.39, 0.29) is 25.9 Å². The Hall–Kier alpha value is -4.34. The topological polar surface area (TPSA) is 115 Å². The minimum absolute atomic E-state index is 0.169. The van der Waals surface area contributed by atoms with E-state index in [1.165, 1.54) is 0 Å². The molecule has 210 valence electrons. The fourth-order valence-electron chi connectivity index (χ4n) is 5.01. The number of barbiturate groups is 2. The van der Waals surface area contributed by atoms with Gasteiger partial charge in [0.05, 0.1) is 11.4 Å². The molecule has 2 heterocycles. The van der Waals surface area contributed by atoms with Crippen molar-refractivity contribution in [3.8, 4) is 0 Å². The van der Waals surface area contributed by atoms with Crippen LogP contribution in [-0.4, -0.2) is 58.6 Å². The average Bonchev–Trinajstić information content (AvgIpc) is 2.88. The number of benzene rings is 2. The van der Waals surface area contributed by atoms with Crippen molar-refractivity contribution in [2.45, 2.75) is 66.2 Å². The Bertz CT molecular complexity index is 1300. The number of anilines is 2. The van der Waals surface area contributed by atoms with Crippen molar-refractivity contribution in [2.75, 3.05) is 22.9 Å². The van der Waals surface area contributed by atoms with Gasteiger partial charge in [-0.2, -0.15) is 0 Å². The van der Waals surface area contributed by atoms with Crippen molar-refractivity contribution in [3.05, 3.63) is 58.7 Å². The molecule has 40 heavy (non-hydrogen) atoms. The highest BCUT2D eigenvalue weighted by atomic mass is 16.2. The van der Waals surface area contributed by atoms with Crippen LogP contribution in [-0.2, 0) is 19.2 Å². The number of imide groups is 4. The van der Waals surface area contributed by atoms with Crippen LogP contribution >= 0.6 is 0 Å². The van der Waals surface area contributed by atoms with Crippen LogP contribution < -0.4 is 9.80 Å². The highest BCUT2D eigenvalue weighted by Gasteiger charge is 2.40. The Morgan fingerprint density at radius 2 is 0.900 bits per heavy atom. The van der Waals surface area contributed by atoms with Gasteiger partial charge in [-0.15, -0.1) is 0 Å². The SMILES string of the molecule is Cc1ccc(C)c(N2C(=O)CC(=O)N(CCCCCCN3C(=O)CC(=O)N(c4cc(C)ccc4C)C3=O)C2=O)c1. The summed E-state index contributed by atoms with van der Waals surface area (Å²) in [6, 6.07) is 9.69. The monoisotopic (exact) mass is 546 g/mol. The molecule has 0 N–H and O–H groups in total. The van der Waals surface area contributed by atoms with Crippen molar-refractivity contribution in [1.29, 1.82) is 0 Å². The van der Waals surface area contributed by atoms with E-state index in [2.05, 4.69) is 0 Å². The Kier molecular flexibility index (Phi) is 8.46. The van der Waals surface area contributed by atoms with Crippen molar-refractivity contribution in [3.63, 3.8) is 0 Å². The fourth-order valence-corrected chi connectivity index (χ4v) is 5.01. The van der Waals surface area contributed by atoms with E-state index in [1.807, 2.05) is 52.0 Å². The molecule has 8 amide bonds. The molecule has 2 aliphatic rings. The highest BCUT2D eigenvalue weighted by Crippen LogP contribution is 2.28. The molecule has 2 saturated heterocycles. The lowest BCUT2D eigenvalue weighted by Crippen LogP contribution is -2.55. The van der Waals surface area contributed by atoms with Crippen LogP contribution in [0.5, 0.6) is 0 Å². The first kappa shape index (κ1) is 28.7. The zero-order valence-electron chi connectivity index (χ0n) is 23.4. The minimum Gasteiger partial charge on any atom is -0.274 e. The lowest BCUT2D eigenvalue weighted by Gasteiger charge is -2.34. The number of aryl methyl sites for hydroxylation is 4. The molecule has 4 rings (SSSR count). The van der Waals surface area contributed by atoms with Crippen molar-refractivity contribution >= 4 is 47.1 Å². The van der Waals surface area contributed by atoms with Crippen molar-refractivity contribution in [1.82, 2.24) is 9.80 Å². The normalized spacial score (nSPS) is 16.5. The summed E-state index contributed by atoms with van der Waals surface area (Å²) in [4.78, 5) is 80.8. The van der Waals surface area contributed by atoms with Gasteiger partial charge in [0.2, 0.25) is 23.6 Å². The second-order valence-corrected chi connectivity index (χ2v) is 10.5. The predicted octanol–water partition coefficient (Wildman–Crippen LogP) is 4.55. The number of carbonyl (C=O) groups is 6. The zero-order valence-corrected chi connectivity index (χ0v) is 23.4. The molecular weight excluding hydrogens is 512 g/mol. The molecule has 0 saturated carbocycles. The number of amides is 8. The molecule has 0 radical (unpaired) electrons. The Morgan fingerprint density at radius 3 is 1.27 bits per heavy atom. The van der Waals surface area contributed by atoms with Crippen molar-refractivity contribution < 1.29 is 28.8 Å². The predicted molar refractivity (Wildman–Crippen MR) is 149 cm³/mol. The molecule has 10 heteroatoms. The Balaban J connectivity index is 1.31. The molecule has 2 aromatic carbocycles. The maximum absolute atomic E-state index is 13.1. The quantitative estimate of drug-likeness (QED) is 0.337. The van der Waals surface area contributed by atoms with Crippen LogP contribution in [0.2, 0.25) is 0 Å². The van der Waals surface area contributed by atoms with E-state index in [4.69, 9.17) is 0 Å². The number of nitrogens with zero attached hydrogens (tertiary/aromatic N) is 4. The maximum atomic E-state index is 13.1. The van der Waals surface area contributed by atoms with Gasteiger partial charge < -0.3 is 0 Å². The zero-order chi connectivity index (χ0) is 29.1. The lowest BCUT2D eigenvalue weighted by molar-refractivity contribution is -0.136. The van der Waals surface area contributed by atoms with Crippen LogP contribution in [0.25, 0.3) is 0 Å². The number of unbranched alkanes of at least 4 members (excludes halogenated alkanes) is 3. The van der Waals surface area contributed by atoms with Gasteiger partial charge in [0.25, 0.3) is 0 Å². The van der Waals surface area contributed by atoms with E-state index in [9.17, 15) is 28.8 Å². The van der Waals surface area contributed by atoms with Crippen molar-refractivity contribution in [2.24, 2.45) is 0 Å². The number of hydrogen-bond acceptors (Lipinski definition) is 6. The first-order chi connectivity index (χ1) is 19.0. The molecule has 0 aliphatic carbocycles. The first-order valence-electron chi connectivity index (χ1n) is 13.5. The van der Waals surface area contributed by atoms with Crippen LogP contribution in [0.15, 0.2) is 36.4 Å². The summed E-state index contributed by atoms with van der Waals surface area (Å²) < 4.78 is 0. The molecule has 0 bridgehead atoms. The van der Waals surface area contributed by atoms with Gasteiger partial charge in [-0.1, -0.05) is 37.1 Å². The van der Waals surface area contributed by atoms with E-state index < -0.39 is 35.7 Å². The van der Waals surface area contributed by atoms with E-state index in [0.29, 0.717) is 37.1 Å². The second-order valence-electron chi connectivity index (χ2n) is 10.5. The molecule has 2 aromatic rings. The van der Waals surface area contributed by atoms with Gasteiger partial charge in [-0.25, -0.2) is 19.4 Å². The summed E-state index contributed by atoms with van der Waals surface area (Å²) in [5.41, 5.74) is 4.30. The number of carbonyl (C=O) groups excluding carboxylic acids is 6. The summed E-state index contributed by atoms with van der Waals surface area (Å²) >= 11 is 0. The number of rotatable bonds is 9. The summed E-state index contributed by atoms with van der Waals surface area (Å²) in [6.07, 6.45) is 1.58. The van der Waals surface area contributed by atoms with Crippen LogP contribution in [0, 0.1) is 27.7 Å². The molecule has 2 aliphatic heterocycles. The summed E-state index contributed by atoms with van der Waals surface area (Å²) in [5, 5.41) is 0. The van der Waals surface area contributed by atoms with E-state index >= 15 is 0 Å². The van der Waals surface area contributed by atoms with E-state index in [0.717, 1.165) is 41.9 Å². The standard InChI is InChI=1S/C30H34N4O6/c1-19-9-11-21(3)23(15-19)33-27(37)17-25(35)31(29(33)39)13-7-5-6-8-14-32-26(36)18-28(38)34(30(32)40)24-16-20(2)10-12-22(24)4/h9-12,15-16H,5-8,13-14,17-18H2,1-4H3. The molecule has 2 fully saturated rings. The maximum Gasteiger partial charge on any atom is 0.338 e. The largest absolute Gasteiger partial charge is 0.338 e. The average molecular weight is 547 g/mol. The third-order valence-corrected chi connectivity index (χ3v) is 7.27. The molecule has 10 nitrogen and oxygen atoms in total. The van der Waals surface area contributed by atoms with E-state index in [1.54, 1.807) is 12.1 Å². The summed E-state index contributed by atoms with van der Waals surface area (Å²) in [6.45, 7) is 7.70. The van der Waals surface area contributed by atoms with Gasteiger partial charge in [-0.3, -0.25) is 29.0 Å². The van der Waals surface area contributed by atoms with Gasteiger partial charge in [0.1, 0.15) is 12.8 Å². The molecule has 0 aromatic heterocycles. The van der Waals surface area contributed by atoms with Crippen LogP contribution in [0.3, 0.4) is 0 Å². The minimum atomic E-state index is -0.643. The van der Waals surface area contributed by atoms with Gasteiger partial charge in [0, 0.05) is 13.1 Å². The summed E-state index contributed by atoms with van der Waals surface area (Å²) in [7, 11) is 0. The Labute approximate surface area is 233 Å². The summed E-state index contributed by atoms with van der Waals surface area (Å²) in [5.74, 6) is -2.11. The molecule has 0 unspecified atom stereocenters. The van der Waals surface area contributed by atoms with Crippen LogP contribution in [0.4, 0.5) is 21.0 Å². The lowest BCUT2D eigenvalue weighted by atomic mass is 10.1. The number of hydrogen-bond donors (Lipinski definition) is 0. The molecular formula is C30H34N4O6. The Morgan fingerprint density at radius 1 is 0.525 bits per heavy atom. The van der Waals surface area contributed by atoms with Gasteiger partial charge in [-0.05, 0) is 74.9 Å². The smallest absolute Gasteiger partial charge is 0.274 e. The van der Waals surface area contributed by atoms with Crippen LogP contribution in [0.1, 0.15) is 60.8 Å². The highest BCUT2D eigenvalue weighted by molar-refractivity contribution is 6.27. The first-order valence-corrected chi connectivity index (χ1v) is 13.5. The third-order valence-electron chi connectivity index (χ3n) is 7.27. The second kappa shape index (κ2) is 11.8. The molecule has 0 spiro atoms. The fraction of sp³-hybridized carbons (Fsp3) is 0.400. The van der Waals surface area contributed by atoms with Gasteiger partial charge in [0.15, 0.2) is 0 Å². The van der Waals surface area contributed by atoms with Gasteiger partial charge >= 0.3 is 12.1 Å². The molecule has 0 atom stereocenters. The third kappa shape index (κ3) is 5.80. The number of urea groups is 2.